The van der Waals surface area contributed by atoms with E-state index in [4.69, 9.17) is 0 Å². The molecule has 0 saturated carbocycles. The molecule has 7 heteroatoms. The molecule has 1 saturated heterocycles. The number of carboxylic acid groups (broad SMARTS) is 1. The monoisotopic (exact) mass is 368 g/mol. The van der Waals surface area contributed by atoms with E-state index in [2.05, 4.69) is 0 Å². The molecule has 0 bridgehead atoms. The number of carboxylic acids is 1. The average molecular weight is 368 g/mol. The Labute approximate surface area is 153 Å². The Balaban J connectivity index is 1.83. The van der Waals surface area contributed by atoms with Gasteiger partial charge in [0.1, 0.15) is 0 Å². The smallest absolute Gasteiger partial charge is 0.247 e. The van der Waals surface area contributed by atoms with Gasteiger partial charge in [0, 0.05) is 22.4 Å². The number of nitrogens with zero attached hydrogens (tertiary/aromatic N) is 1. The summed E-state index contributed by atoms with van der Waals surface area (Å²) in [5, 5.41) is 10.5. The maximum Gasteiger partial charge on any atom is 0.247 e. The molecular formula is C19H14NO5S-. The van der Waals surface area contributed by atoms with Crippen LogP contribution in [-0.2, 0) is 9.59 Å². The van der Waals surface area contributed by atoms with Crippen LogP contribution < -0.4 is 10.0 Å². The molecule has 0 unspecified atom stereocenters. The van der Waals surface area contributed by atoms with Crippen molar-refractivity contribution in [1.29, 1.82) is 0 Å². The molecule has 132 valence electrons. The van der Waals surface area contributed by atoms with E-state index in [1.165, 1.54) is 13.0 Å². The Bertz CT molecular complexity index is 906. The lowest BCUT2D eigenvalue weighted by atomic mass is 10.1. The van der Waals surface area contributed by atoms with Crippen molar-refractivity contribution in [2.75, 3.05) is 4.90 Å². The van der Waals surface area contributed by atoms with Crippen molar-refractivity contribution in [1.82, 2.24) is 0 Å². The number of aromatic carboxylic acids is 1. The van der Waals surface area contributed by atoms with Gasteiger partial charge < -0.3 is 9.90 Å². The number of anilines is 1. The summed E-state index contributed by atoms with van der Waals surface area (Å²) in [5.41, 5.74) is 0.866. The van der Waals surface area contributed by atoms with E-state index in [9.17, 15) is 24.3 Å². The van der Waals surface area contributed by atoms with Crippen LogP contribution in [0.5, 0.6) is 0 Å². The van der Waals surface area contributed by atoms with Crippen molar-refractivity contribution >= 4 is 41.0 Å². The number of benzene rings is 2. The first kappa shape index (κ1) is 17.9. The first-order chi connectivity index (χ1) is 12.4. The zero-order chi connectivity index (χ0) is 18.8. The van der Waals surface area contributed by atoms with E-state index in [1.807, 2.05) is 0 Å². The summed E-state index contributed by atoms with van der Waals surface area (Å²) >= 11 is 1.04. The van der Waals surface area contributed by atoms with Gasteiger partial charge in [-0.15, -0.1) is 11.8 Å². The molecule has 0 N–H and O–H groups in total. The number of carbonyl (C=O) groups is 4. The highest BCUT2D eigenvalue weighted by Crippen LogP contribution is 2.35. The quantitative estimate of drug-likeness (QED) is 0.589. The van der Waals surface area contributed by atoms with Crippen LogP contribution in [0, 0.1) is 0 Å². The van der Waals surface area contributed by atoms with Crippen LogP contribution in [0.2, 0.25) is 0 Å². The minimum atomic E-state index is -1.33. The lowest BCUT2D eigenvalue weighted by molar-refractivity contribution is -0.255. The van der Waals surface area contributed by atoms with Crippen molar-refractivity contribution in [2.45, 2.75) is 23.5 Å². The number of ketones is 1. The molecule has 3 rings (SSSR count). The summed E-state index contributed by atoms with van der Waals surface area (Å²) in [5.74, 6) is -2.22. The lowest BCUT2D eigenvalue weighted by Gasteiger charge is -2.16. The summed E-state index contributed by atoms with van der Waals surface area (Å²) in [7, 11) is 0. The van der Waals surface area contributed by atoms with Crippen LogP contribution in [0.15, 0.2) is 53.4 Å². The fourth-order valence-corrected chi connectivity index (χ4v) is 3.88. The Hall–Kier alpha value is -2.93. The number of Topliss-reactive ketones (excluding diaryl/α,β-unsaturated/α-hetero) is 1. The van der Waals surface area contributed by atoms with Gasteiger partial charge in [0.2, 0.25) is 11.8 Å². The van der Waals surface area contributed by atoms with Gasteiger partial charge >= 0.3 is 0 Å². The normalized spacial score (nSPS) is 16.8. The fraction of sp³-hybridized carbons (Fsp3) is 0.158. The van der Waals surface area contributed by atoms with Gasteiger partial charge in [-0.25, -0.2) is 4.90 Å². The highest BCUT2D eigenvalue weighted by Gasteiger charge is 2.40. The molecule has 1 aliphatic rings. The maximum atomic E-state index is 12.7. The van der Waals surface area contributed by atoms with Gasteiger partial charge in [0.05, 0.1) is 16.9 Å². The molecule has 1 aliphatic heterocycles. The van der Waals surface area contributed by atoms with Crippen molar-refractivity contribution in [3.8, 4) is 0 Å². The second kappa shape index (κ2) is 7.13. The van der Waals surface area contributed by atoms with Crippen LogP contribution in [0.25, 0.3) is 0 Å². The average Bonchev–Trinajstić information content (AvgIpc) is 2.89. The topological polar surface area (TPSA) is 94.6 Å². The van der Waals surface area contributed by atoms with E-state index >= 15 is 0 Å². The lowest BCUT2D eigenvalue weighted by Crippen LogP contribution is -2.31. The molecule has 26 heavy (non-hydrogen) atoms. The Morgan fingerprint density at radius 1 is 1.08 bits per heavy atom. The van der Waals surface area contributed by atoms with Crippen LogP contribution in [0.3, 0.4) is 0 Å². The highest BCUT2D eigenvalue weighted by atomic mass is 32.2. The predicted octanol–water partition coefficient (Wildman–Crippen LogP) is 1.68. The second-order valence-corrected chi connectivity index (χ2v) is 7.01. The van der Waals surface area contributed by atoms with Gasteiger partial charge in [-0.05, 0) is 37.3 Å². The van der Waals surface area contributed by atoms with Crippen molar-refractivity contribution < 1.29 is 24.3 Å². The number of amides is 2. The third-order valence-corrected chi connectivity index (χ3v) is 5.28. The molecule has 0 aromatic heterocycles. The molecular weight excluding hydrogens is 354 g/mol. The minimum absolute atomic E-state index is 0.0120. The third-order valence-electron chi connectivity index (χ3n) is 4.01. The first-order valence-electron chi connectivity index (χ1n) is 7.83. The third kappa shape index (κ3) is 3.39. The number of hydrogen-bond donors (Lipinski definition) is 0. The molecule has 6 nitrogen and oxygen atoms in total. The van der Waals surface area contributed by atoms with E-state index in [0.717, 1.165) is 16.7 Å². The number of carbonyl (C=O) groups excluding carboxylic acids is 4. The molecule has 1 atom stereocenters. The molecule has 0 aliphatic carbocycles. The molecule has 0 spiro atoms. The summed E-state index contributed by atoms with van der Waals surface area (Å²) in [6.45, 7) is 1.43. The molecule has 2 amide bonds. The second-order valence-electron chi connectivity index (χ2n) is 5.76. The van der Waals surface area contributed by atoms with Gasteiger partial charge in [0.25, 0.3) is 0 Å². The summed E-state index contributed by atoms with van der Waals surface area (Å²) < 4.78 is 0. The fourth-order valence-electron chi connectivity index (χ4n) is 2.70. The van der Waals surface area contributed by atoms with Crippen molar-refractivity contribution in [2.24, 2.45) is 0 Å². The van der Waals surface area contributed by atoms with Gasteiger partial charge in [-0.2, -0.15) is 0 Å². The van der Waals surface area contributed by atoms with E-state index in [0.29, 0.717) is 16.1 Å². The largest absolute Gasteiger partial charge is 0.545 e. The Kier molecular flexibility index (Phi) is 4.90. The van der Waals surface area contributed by atoms with Gasteiger partial charge in [-0.1, -0.05) is 18.2 Å². The zero-order valence-corrected chi connectivity index (χ0v) is 14.6. The highest BCUT2D eigenvalue weighted by molar-refractivity contribution is 8.00. The Morgan fingerprint density at radius 2 is 1.73 bits per heavy atom. The SMILES string of the molecule is CC(=O)c1ccc(N2C(=O)C[C@H](Sc3ccccc3C(=O)[O-])C2=O)cc1. The molecule has 2 aromatic rings. The summed E-state index contributed by atoms with van der Waals surface area (Å²) in [6.07, 6.45) is -0.0284. The predicted molar refractivity (Wildman–Crippen MR) is 94.0 cm³/mol. The first-order valence-corrected chi connectivity index (χ1v) is 8.71. The van der Waals surface area contributed by atoms with Gasteiger partial charge in [-0.3, -0.25) is 14.4 Å². The number of imide groups is 1. The Morgan fingerprint density at radius 3 is 2.35 bits per heavy atom. The number of rotatable bonds is 5. The van der Waals surface area contributed by atoms with Crippen molar-refractivity contribution in [3.05, 3.63) is 59.7 Å². The van der Waals surface area contributed by atoms with Crippen molar-refractivity contribution in [3.63, 3.8) is 0 Å². The van der Waals surface area contributed by atoms with E-state index < -0.39 is 17.1 Å². The van der Waals surface area contributed by atoms with E-state index in [1.54, 1.807) is 42.5 Å². The van der Waals surface area contributed by atoms with Crippen LogP contribution >= 0.6 is 11.8 Å². The van der Waals surface area contributed by atoms with Crippen LogP contribution in [-0.4, -0.2) is 28.8 Å². The van der Waals surface area contributed by atoms with Crippen LogP contribution in [0.1, 0.15) is 34.1 Å². The molecule has 1 fully saturated rings. The zero-order valence-electron chi connectivity index (χ0n) is 13.8. The van der Waals surface area contributed by atoms with E-state index in [-0.39, 0.29) is 23.7 Å². The molecule has 2 aromatic carbocycles. The summed E-state index contributed by atoms with van der Waals surface area (Å²) in [4.78, 5) is 49.0. The molecule has 1 heterocycles. The maximum absolute atomic E-state index is 12.7. The standard InChI is InChI=1S/C19H15NO5S/c1-11(21)12-6-8-13(9-7-12)20-17(22)10-16(18(20)23)26-15-5-3-2-4-14(15)19(24)25/h2-9,16H,10H2,1H3,(H,24,25)/p-1/t16-/m0/s1. The number of thioether (sulfide) groups is 1. The minimum Gasteiger partial charge on any atom is -0.545 e. The van der Waals surface area contributed by atoms with Crippen LogP contribution in [0.4, 0.5) is 5.69 Å². The number of hydrogen-bond acceptors (Lipinski definition) is 6. The van der Waals surface area contributed by atoms with Gasteiger partial charge in [0.15, 0.2) is 5.78 Å². The summed E-state index contributed by atoms with van der Waals surface area (Å²) in [6, 6.07) is 12.4. The molecule has 0 radical (unpaired) electrons.